The van der Waals surface area contributed by atoms with Gasteiger partial charge in [0.05, 0.1) is 12.1 Å². The van der Waals surface area contributed by atoms with Crippen molar-refractivity contribution < 1.29 is 5.11 Å². The van der Waals surface area contributed by atoms with Crippen LogP contribution in [0.2, 0.25) is 10.0 Å². The Hall–Kier alpha value is -0.770. The van der Waals surface area contributed by atoms with E-state index in [9.17, 15) is 5.11 Å². The van der Waals surface area contributed by atoms with E-state index in [2.05, 4.69) is 4.90 Å². The molecule has 0 unspecified atom stereocenters. The molecule has 0 aliphatic carbocycles. The van der Waals surface area contributed by atoms with E-state index in [0.717, 1.165) is 10.0 Å². The molecule has 1 aliphatic heterocycles. The number of rotatable bonds is 3. The van der Waals surface area contributed by atoms with E-state index in [1.807, 2.05) is 48.5 Å². The van der Waals surface area contributed by atoms with Gasteiger partial charge >= 0.3 is 0 Å². The molecule has 1 saturated heterocycles. The number of hydrogen-bond acceptors (Lipinski definition) is 2. The van der Waals surface area contributed by atoms with Crippen LogP contribution in [0.4, 0.5) is 0 Å². The standard InChI is InChI=1S/C16H15Cl2NO.ClH/c17-13-5-1-11(2-6-13)16(19-9-15(20)10-19)12-3-7-14(18)8-4-12;/h1-8,15-16,20H,9-10H2;1H. The van der Waals surface area contributed by atoms with E-state index < -0.39 is 0 Å². The van der Waals surface area contributed by atoms with Crippen molar-refractivity contribution in [1.29, 1.82) is 0 Å². The SMILES string of the molecule is Cl.OC1CN(C(c2ccc(Cl)cc2)c2ccc(Cl)cc2)C1. The first-order valence-corrected chi connectivity index (χ1v) is 7.32. The van der Waals surface area contributed by atoms with Gasteiger partial charge in [0.1, 0.15) is 0 Å². The average molecular weight is 345 g/mol. The highest BCUT2D eigenvalue weighted by atomic mass is 35.5. The first-order chi connectivity index (χ1) is 9.63. The van der Waals surface area contributed by atoms with Crippen LogP contribution in [-0.4, -0.2) is 29.2 Å². The number of β-amino-alcohol motifs (C(OH)–C–C–N with tert-alkyl or cyclic N) is 1. The molecule has 1 aliphatic rings. The molecule has 1 heterocycles. The Bertz CT molecular complexity index is 534. The van der Waals surface area contributed by atoms with Gasteiger partial charge in [0.25, 0.3) is 0 Å². The van der Waals surface area contributed by atoms with Crippen LogP contribution < -0.4 is 0 Å². The monoisotopic (exact) mass is 343 g/mol. The normalized spacial score (nSPS) is 15.6. The molecule has 2 aromatic carbocycles. The van der Waals surface area contributed by atoms with E-state index in [-0.39, 0.29) is 24.6 Å². The quantitative estimate of drug-likeness (QED) is 0.903. The lowest BCUT2D eigenvalue weighted by molar-refractivity contribution is -0.0160. The van der Waals surface area contributed by atoms with Crippen molar-refractivity contribution >= 4 is 35.6 Å². The molecule has 0 bridgehead atoms. The number of nitrogens with zero attached hydrogens (tertiary/aromatic N) is 1. The molecule has 0 amide bonds. The van der Waals surface area contributed by atoms with Crippen molar-refractivity contribution in [2.24, 2.45) is 0 Å². The van der Waals surface area contributed by atoms with Gasteiger partial charge in [-0.05, 0) is 35.4 Å². The van der Waals surface area contributed by atoms with Crippen molar-refractivity contribution in [3.05, 3.63) is 69.7 Å². The average Bonchev–Trinajstić information content (AvgIpc) is 2.41. The lowest BCUT2D eigenvalue weighted by Crippen LogP contribution is -2.52. The zero-order valence-electron chi connectivity index (χ0n) is 11.2. The molecule has 0 radical (unpaired) electrons. The van der Waals surface area contributed by atoms with Gasteiger partial charge in [-0.25, -0.2) is 0 Å². The predicted octanol–water partition coefficient (Wildman–Crippen LogP) is 4.18. The summed E-state index contributed by atoms with van der Waals surface area (Å²) in [5.74, 6) is 0. The third kappa shape index (κ3) is 3.71. The Labute approximate surface area is 140 Å². The minimum atomic E-state index is -0.225. The van der Waals surface area contributed by atoms with Crippen molar-refractivity contribution in [2.45, 2.75) is 12.1 Å². The van der Waals surface area contributed by atoms with Crippen LogP contribution in [0, 0.1) is 0 Å². The van der Waals surface area contributed by atoms with Crippen LogP contribution in [-0.2, 0) is 0 Å². The van der Waals surface area contributed by atoms with E-state index in [4.69, 9.17) is 23.2 Å². The summed E-state index contributed by atoms with van der Waals surface area (Å²) in [4.78, 5) is 2.25. The van der Waals surface area contributed by atoms with E-state index >= 15 is 0 Å². The van der Waals surface area contributed by atoms with Gasteiger partial charge in [0.2, 0.25) is 0 Å². The number of aliphatic hydroxyl groups excluding tert-OH is 1. The summed E-state index contributed by atoms with van der Waals surface area (Å²) in [5.41, 5.74) is 2.34. The lowest BCUT2D eigenvalue weighted by Gasteiger charge is -2.42. The molecule has 1 fully saturated rings. The van der Waals surface area contributed by atoms with E-state index in [0.29, 0.717) is 13.1 Å². The summed E-state index contributed by atoms with van der Waals surface area (Å²) in [7, 11) is 0. The van der Waals surface area contributed by atoms with Crippen LogP contribution >= 0.6 is 35.6 Å². The maximum atomic E-state index is 9.57. The molecule has 5 heteroatoms. The molecule has 1 N–H and O–H groups in total. The molecule has 112 valence electrons. The summed E-state index contributed by atoms with van der Waals surface area (Å²) in [6.07, 6.45) is -0.225. The number of aliphatic hydroxyl groups is 1. The van der Waals surface area contributed by atoms with E-state index in [1.54, 1.807) is 0 Å². The number of hydrogen-bond donors (Lipinski definition) is 1. The summed E-state index contributed by atoms with van der Waals surface area (Å²) in [6, 6.07) is 15.9. The highest BCUT2D eigenvalue weighted by Gasteiger charge is 2.32. The molecule has 0 spiro atoms. The Kier molecular flexibility index (Phi) is 5.53. The third-order valence-electron chi connectivity index (χ3n) is 3.63. The zero-order chi connectivity index (χ0) is 14.1. The van der Waals surface area contributed by atoms with Crippen molar-refractivity contribution in [2.75, 3.05) is 13.1 Å². The van der Waals surface area contributed by atoms with Crippen LogP contribution in [0.3, 0.4) is 0 Å². The minimum absolute atomic E-state index is 0. The predicted molar refractivity (Wildman–Crippen MR) is 89.6 cm³/mol. The zero-order valence-corrected chi connectivity index (χ0v) is 13.6. The van der Waals surface area contributed by atoms with E-state index in [1.165, 1.54) is 11.1 Å². The maximum absolute atomic E-state index is 9.57. The van der Waals surface area contributed by atoms with Crippen molar-refractivity contribution in [1.82, 2.24) is 4.90 Å². The van der Waals surface area contributed by atoms with Crippen LogP contribution in [0.15, 0.2) is 48.5 Å². The Morgan fingerprint density at radius 3 is 1.57 bits per heavy atom. The molecule has 3 rings (SSSR count). The molecule has 0 saturated carbocycles. The number of halogens is 3. The maximum Gasteiger partial charge on any atom is 0.0794 e. The second-order valence-corrected chi connectivity index (χ2v) is 5.99. The second-order valence-electron chi connectivity index (χ2n) is 5.11. The largest absolute Gasteiger partial charge is 0.390 e. The van der Waals surface area contributed by atoms with Gasteiger partial charge in [-0.3, -0.25) is 4.90 Å². The van der Waals surface area contributed by atoms with Gasteiger partial charge in [-0.2, -0.15) is 0 Å². The lowest BCUT2D eigenvalue weighted by atomic mass is 9.94. The van der Waals surface area contributed by atoms with Crippen LogP contribution in [0.25, 0.3) is 0 Å². The van der Waals surface area contributed by atoms with Gasteiger partial charge in [0.15, 0.2) is 0 Å². The van der Waals surface area contributed by atoms with Gasteiger partial charge in [-0.1, -0.05) is 47.5 Å². The van der Waals surface area contributed by atoms with Gasteiger partial charge < -0.3 is 5.11 Å². The Morgan fingerprint density at radius 1 is 0.857 bits per heavy atom. The van der Waals surface area contributed by atoms with Crippen LogP contribution in [0.1, 0.15) is 17.2 Å². The summed E-state index contributed by atoms with van der Waals surface area (Å²) < 4.78 is 0. The van der Waals surface area contributed by atoms with Crippen LogP contribution in [0.5, 0.6) is 0 Å². The molecule has 2 nitrogen and oxygen atoms in total. The third-order valence-corrected chi connectivity index (χ3v) is 4.13. The van der Waals surface area contributed by atoms with Gasteiger partial charge in [-0.15, -0.1) is 12.4 Å². The smallest absolute Gasteiger partial charge is 0.0794 e. The highest BCUT2D eigenvalue weighted by molar-refractivity contribution is 6.30. The summed E-state index contributed by atoms with van der Waals surface area (Å²) in [6.45, 7) is 1.38. The molecule has 0 aromatic heterocycles. The van der Waals surface area contributed by atoms with Crippen molar-refractivity contribution in [3.8, 4) is 0 Å². The van der Waals surface area contributed by atoms with Gasteiger partial charge in [0, 0.05) is 23.1 Å². The molecule has 2 aromatic rings. The molecular weight excluding hydrogens is 329 g/mol. The highest BCUT2D eigenvalue weighted by Crippen LogP contribution is 2.33. The minimum Gasteiger partial charge on any atom is -0.390 e. The molecule has 0 atom stereocenters. The fourth-order valence-electron chi connectivity index (χ4n) is 2.60. The number of likely N-dealkylation sites (tertiary alicyclic amines) is 1. The summed E-state index contributed by atoms with van der Waals surface area (Å²) in [5, 5.41) is 11.0. The second kappa shape index (κ2) is 6.99. The fourth-order valence-corrected chi connectivity index (χ4v) is 2.85. The topological polar surface area (TPSA) is 23.5 Å². The first-order valence-electron chi connectivity index (χ1n) is 6.56. The molecule has 21 heavy (non-hydrogen) atoms. The summed E-state index contributed by atoms with van der Waals surface area (Å²) >= 11 is 11.9. The van der Waals surface area contributed by atoms with Crippen molar-refractivity contribution in [3.63, 3.8) is 0 Å². The number of benzene rings is 2. The fraction of sp³-hybridized carbons (Fsp3) is 0.250. The molecular formula is C16H16Cl3NO. The Morgan fingerprint density at radius 2 is 1.24 bits per heavy atom. The first kappa shape index (κ1) is 16.6. The Balaban J connectivity index is 0.00000161.